The van der Waals surface area contributed by atoms with Crippen LogP contribution in [0.15, 0.2) is 24.4 Å². The normalized spacial score (nSPS) is 21.4. The fourth-order valence-electron chi connectivity index (χ4n) is 3.29. The van der Waals surface area contributed by atoms with Gasteiger partial charge in [-0.25, -0.2) is 0 Å². The number of para-hydroxylation sites is 1. The van der Waals surface area contributed by atoms with Gasteiger partial charge in [0.05, 0.1) is 23.3 Å². The molecule has 0 bridgehead atoms. The molecule has 1 aliphatic carbocycles. The number of H-pyrrole nitrogens is 1. The van der Waals surface area contributed by atoms with Crippen molar-refractivity contribution in [3.8, 4) is 0 Å². The van der Waals surface area contributed by atoms with E-state index in [1.54, 1.807) is 6.20 Å². The van der Waals surface area contributed by atoms with Gasteiger partial charge >= 0.3 is 0 Å². The Kier molecular flexibility index (Phi) is 3.52. The van der Waals surface area contributed by atoms with Gasteiger partial charge in [-0.3, -0.25) is 14.7 Å². The molecule has 2 amide bonds. The van der Waals surface area contributed by atoms with Crippen molar-refractivity contribution in [2.45, 2.75) is 25.7 Å². The second-order valence-electron chi connectivity index (χ2n) is 6.53. The molecule has 1 aliphatic heterocycles. The van der Waals surface area contributed by atoms with Crippen molar-refractivity contribution in [2.24, 2.45) is 11.8 Å². The van der Waals surface area contributed by atoms with Crippen LogP contribution in [0.25, 0.3) is 10.9 Å². The molecule has 4 rings (SSSR count). The predicted octanol–water partition coefficient (Wildman–Crippen LogP) is 2.15. The molecule has 2 fully saturated rings. The summed E-state index contributed by atoms with van der Waals surface area (Å²) in [6.07, 6.45) is 5.48. The molecular weight excluding hydrogens is 292 g/mol. The lowest BCUT2D eigenvalue weighted by Gasteiger charge is -2.32. The molecule has 2 N–H and O–H groups in total. The van der Waals surface area contributed by atoms with Crippen LogP contribution in [0.5, 0.6) is 0 Å². The van der Waals surface area contributed by atoms with E-state index in [4.69, 9.17) is 0 Å². The number of carbonyl (C=O) groups excluding carboxylic acids is 2. The van der Waals surface area contributed by atoms with E-state index in [2.05, 4.69) is 15.5 Å². The number of nitrogens with one attached hydrogen (secondary N) is 2. The van der Waals surface area contributed by atoms with E-state index < -0.39 is 0 Å². The van der Waals surface area contributed by atoms with Crippen LogP contribution in [0.4, 0.5) is 5.69 Å². The number of carbonyl (C=O) groups is 2. The first-order valence-electron chi connectivity index (χ1n) is 8.24. The van der Waals surface area contributed by atoms with Crippen LogP contribution < -0.4 is 5.32 Å². The zero-order chi connectivity index (χ0) is 15.8. The largest absolute Gasteiger partial charge is 0.342 e. The average Bonchev–Trinajstić information content (AvgIpc) is 3.31. The van der Waals surface area contributed by atoms with E-state index in [1.165, 1.54) is 0 Å². The van der Waals surface area contributed by atoms with Gasteiger partial charge < -0.3 is 10.2 Å². The molecule has 6 heteroatoms. The summed E-state index contributed by atoms with van der Waals surface area (Å²) in [5.41, 5.74) is 1.58. The lowest BCUT2D eigenvalue weighted by Crippen LogP contribution is -2.44. The van der Waals surface area contributed by atoms with Crippen LogP contribution in [0, 0.1) is 11.8 Å². The third kappa shape index (κ3) is 2.81. The molecule has 0 unspecified atom stereocenters. The van der Waals surface area contributed by atoms with Gasteiger partial charge in [-0.2, -0.15) is 5.10 Å². The number of fused-ring (bicyclic) bond motifs is 1. The molecule has 6 nitrogen and oxygen atoms in total. The van der Waals surface area contributed by atoms with E-state index in [0.29, 0.717) is 6.54 Å². The number of rotatable bonds is 3. The number of hydrogen-bond donors (Lipinski definition) is 2. The van der Waals surface area contributed by atoms with Gasteiger partial charge in [0.15, 0.2) is 0 Å². The number of aromatic amines is 1. The zero-order valence-electron chi connectivity index (χ0n) is 12.9. The van der Waals surface area contributed by atoms with Crippen LogP contribution in [0.3, 0.4) is 0 Å². The van der Waals surface area contributed by atoms with Crippen molar-refractivity contribution < 1.29 is 9.59 Å². The summed E-state index contributed by atoms with van der Waals surface area (Å²) in [5.74, 6) is 0.304. The van der Waals surface area contributed by atoms with Crippen molar-refractivity contribution in [3.05, 3.63) is 24.4 Å². The number of benzene rings is 1. The standard InChI is InChI=1S/C17H20N4O2/c22-16(19-14-5-1-3-12-9-18-20-15(12)14)13-4-2-8-21(10-13)17(23)11-6-7-11/h1,3,5,9,11,13H,2,4,6-8,10H2,(H,18,20)(H,19,22)/t13-/m0/s1. The maximum Gasteiger partial charge on any atom is 0.229 e. The van der Waals surface area contributed by atoms with Gasteiger partial charge in [0.25, 0.3) is 0 Å². The Bertz CT molecular complexity index is 750. The molecule has 1 saturated heterocycles. The summed E-state index contributed by atoms with van der Waals surface area (Å²) < 4.78 is 0. The smallest absolute Gasteiger partial charge is 0.229 e. The molecule has 0 radical (unpaired) electrons. The maximum atomic E-state index is 12.6. The lowest BCUT2D eigenvalue weighted by atomic mass is 9.96. The minimum absolute atomic E-state index is 0.0135. The number of aromatic nitrogens is 2. The van der Waals surface area contributed by atoms with Gasteiger partial charge in [0.2, 0.25) is 11.8 Å². The first-order valence-corrected chi connectivity index (χ1v) is 8.24. The molecule has 1 saturated carbocycles. The van der Waals surface area contributed by atoms with Crippen molar-refractivity contribution in [2.75, 3.05) is 18.4 Å². The molecule has 0 spiro atoms. The van der Waals surface area contributed by atoms with Crippen molar-refractivity contribution >= 4 is 28.4 Å². The fraction of sp³-hybridized carbons (Fsp3) is 0.471. The van der Waals surface area contributed by atoms with Crippen molar-refractivity contribution in [1.82, 2.24) is 15.1 Å². The number of piperidine rings is 1. The van der Waals surface area contributed by atoms with E-state index in [9.17, 15) is 9.59 Å². The monoisotopic (exact) mass is 312 g/mol. The topological polar surface area (TPSA) is 78.1 Å². The number of nitrogens with zero attached hydrogens (tertiary/aromatic N) is 2. The number of anilines is 1. The minimum atomic E-state index is -0.135. The molecule has 2 heterocycles. The van der Waals surface area contributed by atoms with Crippen LogP contribution in [-0.2, 0) is 9.59 Å². The Labute approximate surface area is 134 Å². The Balaban J connectivity index is 1.46. The van der Waals surface area contributed by atoms with E-state index >= 15 is 0 Å². The quantitative estimate of drug-likeness (QED) is 0.911. The van der Waals surface area contributed by atoms with E-state index in [0.717, 1.165) is 48.8 Å². The highest BCUT2D eigenvalue weighted by Crippen LogP contribution is 2.32. The first-order chi connectivity index (χ1) is 11.2. The van der Waals surface area contributed by atoms with Crippen molar-refractivity contribution in [3.63, 3.8) is 0 Å². The molecule has 1 atom stereocenters. The van der Waals surface area contributed by atoms with Gasteiger partial charge in [-0.15, -0.1) is 0 Å². The molecule has 1 aromatic carbocycles. The Morgan fingerprint density at radius 2 is 2.09 bits per heavy atom. The highest BCUT2D eigenvalue weighted by atomic mass is 16.2. The zero-order valence-corrected chi connectivity index (χ0v) is 12.9. The summed E-state index contributed by atoms with van der Waals surface area (Å²) in [7, 11) is 0. The third-order valence-electron chi connectivity index (χ3n) is 4.76. The summed E-state index contributed by atoms with van der Waals surface area (Å²) >= 11 is 0. The highest BCUT2D eigenvalue weighted by Gasteiger charge is 2.36. The van der Waals surface area contributed by atoms with Crippen LogP contribution in [-0.4, -0.2) is 40.0 Å². The van der Waals surface area contributed by atoms with Gasteiger partial charge in [-0.1, -0.05) is 12.1 Å². The molecule has 120 valence electrons. The minimum Gasteiger partial charge on any atom is -0.342 e. The van der Waals surface area contributed by atoms with Crippen LogP contribution >= 0.6 is 0 Å². The molecular formula is C17H20N4O2. The van der Waals surface area contributed by atoms with E-state index in [-0.39, 0.29) is 23.7 Å². The number of amides is 2. The number of likely N-dealkylation sites (tertiary alicyclic amines) is 1. The summed E-state index contributed by atoms with van der Waals surface area (Å²) in [5, 5.41) is 10.9. The van der Waals surface area contributed by atoms with Gasteiger partial charge in [-0.05, 0) is 31.7 Å². The molecule has 2 aromatic rings. The second kappa shape index (κ2) is 5.68. The highest BCUT2D eigenvalue weighted by molar-refractivity contribution is 6.01. The number of hydrogen-bond acceptors (Lipinski definition) is 3. The molecule has 1 aromatic heterocycles. The van der Waals surface area contributed by atoms with Gasteiger partial charge in [0, 0.05) is 24.4 Å². The third-order valence-corrected chi connectivity index (χ3v) is 4.76. The Morgan fingerprint density at radius 3 is 2.91 bits per heavy atom. The van der Waals surface area contributed by atoms with Gasteiger partial charge in [0.1, 0.15) is 0 Å². The predicted molar refractivity (Wildman–Crippen MR) is 86.8 cm³/mol. The first kappa shape index (κ1) is 14.2. The van der Waals surface area contributed by atoms with E-state index in [1.807, 2.05) is 23.1 Å². The van der Waals surface area contributed by atoms with Crippen molar-refractivity contribution in [1.29, 1.82) is 0 Å². The van der Waals surface area contributed by atoms with Crippen LogP contribution in [0.1, 0.15) is 25.7 Å². The average molecular weight is 312 g/mol. The lowest BCUT2D eigenvalue weighted by molar-refractivity contribution is -0.135. The fourth-order valence-corrected chi connectivity index (χ4v) is 3.29. The molecule has 23 heavy (non-hydrogen) atoms. The van der Waals surface area contributed by atoms with Crippen LogP contribution in [0.2, 0.25) is 0 Å². The molecule has 2 aliphatic rings. The second-order valence-corrected chi connectivity index (χ2v) is 6.53. The SMILES string of the molecule is O=C(Nc1cccc2cn[nH]c12)[C@H]1CCCN(C(=O)C2CC2)C1. The summed E-state index contributed by atoms with van der Waals surface area (Å²) in [6.45, 7) is 1.33. The summed E-state index contributed by atoms with van der Waals surface area (Å²) in [4.78, 5) is 26.7. The Morgan fingerprint density at radius 1 is 1.22 bits per heavy atom. The Hall–Kier alpha value is -2.37. The maximum absolute atomic E-state index is 12.6. The summed E-state index contributed by atoms with van der Waals surface area (Å²) in [6, 6.07) is 5.72.